The zero-order valence-electron chi connectivity index (χ0n) is 6.63. The van der Waals surface area contributed by atoms with E-state index in [-0.39, 0.29) is 6.42 Å². The number of halogens is 1. The second kappa shape index (κ2) is 4.01. The van der Waals surface area contributed by atoms with Gasteiger partial charge in [-0.3, -0.25) is 14.9 Å². The molecule has 0 heterocycles. The van der Waals surface area contributed by atoms with Crippen LogP contribution in [0.1, 0.15) is 13.3 Å². The van der Waals surface area contributed by atoms with Gasteiger partial charge in [-0.1, -0.05) is 0 Å². The van der Waals surface area contributed by atoms with Gasteiger partial charge >= 0.3 is 5.97 Å². The van der Waals surface area contributed by atoms with Crippen LogP contribution in [0.2, 0.25) is 0 Å². The molecule has 0 radical (unpaired) electrons. The molecule has 0 bridgehead atoms. The molecular weight excluding hydrogens is 167 g/mol. The predicted molar refractivity (Wildman–Crippen MR) is 39.0 cm³/mol. The van der Waals surface area contributed by atoms with Crippen molar-refractivity contribution in [3.05, 3.63) is 0 Å². The van der Waals surface area contributed by atoms with Crippen LogP contribution in [0.4, 0.5) is 4.39 Å². The number of nitrogens with two attached hydrogens (primary N) is 1. The summed E-state index contributed by atoms with van der Waals surface area (Å²) in [4.78, 5) is 21.0. The molecule has 0 aliphatic carbocycles. The van der Waals surface area contributed by atoms with E-state index in [1.165, 1.54) is 0 Å². The molecule has 0 aromatic rings. The van der Waals surface area contributed by atoms with Gasteiger partial charge in [-0.05, 0) is 6.92 Å². The van der Waals surface area contributed by atoms with Gasteiger partial charge in [0, 0.05) is 0 Å². The van der Waals surface area contributed by atoms with Crippen molar-refractivity contribution in [3.8, 4) is 0 Å². The van der Waals surface area contributed by atoms with Gasteiger partial charge in [0.1, 0.15) is 0 Å². The lowest BCUT2D eigenvalue weighted by atomic mass is 10.2. The summed E-state index contributed by atoms with van der Waals surface area (Å²) in [6, 6.07) is 0. The van der Waals surface area contributed by atoms with E-state index in [9.17, 15) is 14.0 Å². The van der Waals surface area contributed by atoms with Crippen LogP contribution in [-0.4, -0.2) is 29.3 Å². The summed E-state index contributed by atoms with van der Waals surface area (Å²) in [5, 5.41) is 10.4. The molecule has 12 heavy (non-hydrogen) atoms. The molecule has 0 fully saturated rings. The highest BCUT2D eigenvalue weighted by molar-refractivity contribution is 5.85. The largest absolute Gasteiger partial charge is 0.479 e. The Morgan fingerprint density at radius 2 is 2.17 bits per heavy atom. The molecule has 0 aromatic carbocycles. The van der Waals surface area contributed by atoms with Gasteiger partial charge < -0.3 is 10.4 Å². The normalized spacial score (nSPS) is 14.9. The average molecular weight is 178 g/mol. The first-order chi connectivity index (χ1) is 5.40. The van der Waals surface area contributed by atoms with Gasteiger partial charge in [-0.25, -0.2) is 4.79 Å². The SMILES string of the molecule is CC(N)(NC(=O)CCF)C(=O)O. The number of amides is 1. The Kier molecular flexibility index (Phi) is 3.62. The van der Waals surface area contributed by atoms with E-state index < -0.39 is 24.2 Å². The van der Waals surface area contributed by atoms with Crippen LogP contribution in [0.5, 0.6) is 0 Å². The Bertz CT molecular complexity index is 193. The van der Waals surface area contributed by atoms with Crippen LogP contribution in [0, 0.1) is 0 Å². The van der Waals surface area contributed by atoms with Crippen LogP contribution < -0.4 is 11.1 Å². The van der Waals surface area contributed by atoms with E-state index in [0.717, 1.165) is 6.92 Å². The molecule has 0 saturated heterocycles. The van der Waals surface area contributed by atoms with E-state index >= 15 is 0 Å². The smallest absolute Gasteiger partial charge is 0.344 e. The van der Waals surface area contributed by atoms with E-state index in [1.807, 2.05) is 5.32 Å². The monoisotopic (exact) mass is 178 g/mol. The van der Waals surface area contributed by atoms with Crippen LogP contribution in [0.15, 0.2) is 0 Å². The molecule has 0 aliphatic rings. The number of carboxylic acid groups (broad SMARTS) is 1. The molecule has 0 rings (SSSR count). The summed E-state index contributed by atoms with van der Waals surface area (Å²) in [6.07, 6.45) is -0.375. The van der Waals surface area contributed by atoms with Crippen LogP contribution >= 0.6 is 0 Å². The quantitative estimate of drug-likeness (QED) is 0.492. The van der Waals surface area contributed by atoms with Crippen molar-refractivity contribution in [1.29, 1.82) is 0 Å². The number of carbonyl (C=O) groups excluding carboxylic acids is 1. The molecule has 1 atom stereocenters. The maximum atomic E-state index is 11.6. The summed E-state index contributed by atoms with van der Waals surface area (Å²) in [7, 11) is 0. The van der Waals surface area contributed by atoms with Gasteiger partial charge in [0.15, 0.2) is 5.66 Å². The van der Waals surface area contributed by atoms with Crippen molar-refractivity contribution in [3.63, 3.8) is 0 Å². The van der Waals surface area contributed by atoms with E-state index in [4.69, 9.17) is 10.8 Å². The number of hydrogen-bond donors (Lipinski definition) is 3. The lowest BCUT2D eigenvalue weighted by Gasteiger charge is -2.20. The van der Waals surface area contributed by atoms with Gasteiger partial charge in [0.25, 0.3) is 0 Å². The molecule has 1 unspecified atom stereocenters. The maximum Gasteiger partial charge on any atom is 0.344 e. The summed E-state index contributed by atoms with van der Waals surface area (Å²) in [6.45, 7) is 0.285. The zero-order valence-corrected chi connectivity index (χ0v) is 6.63. The number of alkyl halides is 1. The van der Waals surface area contributed by atoms with Crippen molar-refractivity contribution in [2.75, 3.05) is 6.67 Å². The van der Waals surface area contributed by atoms with Crippen molar-refractivity contribution >= 4 is 11.9 Å². The molecule has 0 aliphatic heterocycles. The summed E-state index contributed by atoms with van der Waals surface area (Å²) >= 11 is 0. The minimum Gasteiger partial charge on any atom is -0.479 e. The lowest BCUT2D eigenvalue weighted by molar-refractivity contribution is -0.146. The number of hydrogen-bond acceptors (Lipinski definition) is 3. The number of rotatable bonds is 4. The minimum atomic E-state index is -1.83. The number of aliphatic carboxylic acids is 1. The zero-order chi connectivity index (χ0) is 9.78. The Balaban J connectivity index is 4.06. The Hall–Kier alpha value is -1.17. The highest BCUT2D eigenvalue weighted by Crippen LogP contribution is 1.94. The third kappa shape index (κ3) is 3.29. The average Bonchev–Trinajstić information content (AvgIpc) is 1.85. The fourth-order valence-electron chi connectivity index (χ4n) is 0.491. The number of carbonyl (C=O) groups is 2. The summed E-state index contributed by atoms with van der Waals surface area (Å²) in [5.74, 6) is -2.08. The third-order valence-corrected chi connectivity index (χ3v) is 1.16. The number of carboxylic acids is 1. The Morgan fingerprint density at radius 1 is 1.67 bits per heavy atom. The van der Waals surface area contributed by atoms with E-state index in [2.05, 4.69) is 0 Å². The lowest BCUT2D eigenvalue weighted by Crippen LogP contribution is -2.59. The molecule has 1 amide bonds. The molecule has 6 heteroatoms. The highest BCUT2D eigenvalue weighted by atomic mass is 19.1. The van der Waals surface area contributed by atoms with Gasteiger partial charge in [-0.15, -0.1) is 0 Å². The molecule has 0 aromatic heterocycles. The fourth-order valence-corrected chi connectivity index (χ4v) is 0.491. The minimum absolute atomic E-state index is 0.375. The Morgan fingerprint density at radius 3 is 2.50 bits per heavy atom. The topological polar surface area (TPSA) is 92.4 Å². The fraction of sp³-hybridized carbons (Fsp3) is 0.667. The summed E-state index contributed by atoms with van der Waals surface area (Å²) in [5.41, 5.74) is 3.31. The maximum absolute atomic E-state index is 11.6. The molecule has 0 saturated carbocycles. The standard InChI is InChI=1S/C6H11FN2O3/c1-6(8,5(11)12)9-4(10)2-3-7/h2-3,8H2,1H3,(H,9,10)(H,11,12). The van der Waals surface area contributed by atoms with Crippen molar-refractivity contribution in [2.45, 2.75) is 19.0 Å². The molecule has 4 N–H and O–H groups in total. The van der Waals surface area contributed by atoms with Crippen molar-refractivity contribution in [2.24, 2.45) is 5.73 Å². The van der Waals surface area contributed by atoms with E-state index in [1.54, 1.807) is 0 Å². The van der Waals surface area contributed by atoms with Crippen molar-refractivity contribution < 1.29 is 19.1 Å². The van der Waals surface area contributed by atoms with Crippen LogP contribution in [0.3, 0.4) is 0 Å². The number of nitrogens with one attached hydrogen (secondary N) is 1. The second-order valence-corrected chi connectivity index (χ2v) is 2.49. The van der Waals surface area contributed by atoms with Gasteiger partial charge in [0.2, 0.25) is 5.91 Å². The van der Waals surface area contributed by atoms with Crippen LogP contribution in [-0.2, 0) is 9.59 Å². The first kappa shape index (κ1) is 10.8. The summed E-state index contributed by atoms with van der Waals surface area (Å²) < 4.78 is 11.6. The molecular formula is C6H11FN2O3. The predicted octanol–water partition coefficient (Wildman–Crippen LogP) is -0.778. The third-order valence-electron chi connectivity index (χ3n) is 1.16. The van der Waals surface area contributed by atoms with Crippen LogP contribution in [0.25, 0.3) is 0 Å². The second-order valence-electron chi connectivity index (χ2n) is 2.49. The molecule has 5 nitrogen and oxygen atoms in total. The van der Waals surface area contributed by atoms with Gasteiger partial charge in [-0.2, -0.15) is 0 Å². The van der Waals surface area contributed by atoms with Gasteiger partial charge in [0.05, 0.1) is 13.1 Å². The highest BCUT2D eigenvalue weighted by Gasteiger charge is 2.29. The van der Waals surface area contributed by atoms with Crippen molar-refractivity contribution in [1.82, 2.24) is 5.32 Å². The molecule has 0 spiro atoms. The first-order valence-electron chi connectivity index (χ1n) is 3.29. The Labute approximate surface area is 68.7 Å². The molecule has 70 valence electrons. The van der Waals surface area contributed by atoms with E-state index in [0.29, 0.717) is 0 Å². The first-order valence-corrected chi connectivity index (χ1v) is 3.29.